The maximum Gasteiger partial charge on any atom is 0.245 e. The Hall–Kier alpha value is -2.70. The van der Waals surface area contributed by atoms with Gasteiger partial charge in [0.2, 0.25) is 5.88 Å². The molecule has 0 unspecified atom stereocenters. The highest BCUT2D eigenvalue weighted by atomic mass is 19.1. The van der Waals surface area contributed by atoms with Gasteiger partial charge in [-0.1, -0.05) is 0 Å². The normalized spacial score (nSPS) is 10.9. The average molecular weight is 276 g/mol. The van der Waals surface area contributed by atoms with Crippen molar-refractivity contribution in [1.29, 1.82) is 0 Å². The first-order valence-corrected chi connectivity index (χ1v) is 5.78. The van der Waals surface area contributed by atoms with Crippen LogP contribution < -0.4 is 10.5 Å². The van der Waals surface area contributed by atoms with Crippen LogP contribution in [0.4, 0.5) is 14.5 Å². The van der Waals surface area contributed by atoms with Crippen molar-refractivity contribution in [2.24, 2.45) is 0 Å². The molecule has 2 aromatic heterocycles. The van der Waals surface area contributed by atoms with E-state index in [-0.39, 0.29) is 17.3 Å². The van der Waals surface area contributed by atoms with Crippen molar-refractivity contribution in [3.8, 4) is 11.6 Å². The van der Waals surface area contributed by atoms with Crippen molar-refractivity contribution in [1.82, 2.24) is 14.6 Å². The molecule has 20 heavy (non-hydrogen) atoms. The molecule has 3 rings (SSSR count). The van der Waals surface area contributed by atoms with Gasteiger partial charge in [-0.25, -0.2) is 18.3 Å². The maximum atomic E-state index is 13.7. The highest BCUT2D eigenvalue weighted by molar-refractivity contribution is 5.58. The summed E-state index contributed by atoms with van der Waals surface area (Å²) >= 11 is 0. The number of nitrogens with two attached hydrogens (primary N) is 1. The molecule has 7 heteroatoms. The molecule has 0 bridgehead atoms. The predicted molar refractivity (Wildman–Crippen MR) is 68.6 cm³/mol. The number of hydrogen-bond donors (Lipinski definition) is 1. The van der Waals surface area contributed by atoms with E-state index in [1.807, 2.05) is 0 Å². The lowest BCUT2D eigenvalue weighted by Gasteiger charge is -2.08. The summed E-state index contributed by atoms with van der Waals surface area (Å²) in [7, 11) is 0. The lowest BCUT2D eigenvalue weighted by molar-refractivity contribution is 0.425. The number of ether oxygens (including phenoxy) is 1. The Morgan fingerprint density at radius 3 is 2.80 bits per heavy atom. The first kappa shape index (κ1) is 12.3. The summed E-state index contributed by atoms with van der Waals surface area (Å²) in [5.41, 5.74) is 6.31. The van der Waals surface area contributed by atoms with E-state index in [0.717, 1.165) is 17.8 Å². The summed E-state index contributed by atoms with van der Waals surface area (Å²) in [4.78, 5) is 4.01. The number of hydrogen-bond acceptors (Lipinski definition) is 4. The topological polar surface area (TPSA) is 65.4 Å². The molecule has 1 aromatic carbocycles. The molecular formula is C13H10F2N4O. The first-order valence-electron chi connectivity index (χ1n) is 5.78. The van der Waals surface area contributed by atoms with E-state index in [0.29, 0.717) is 5.52 Å². The molecule has 0 aliphatic rings. The number of benzene rings is 1. The van der Waals surface area contributed by atoms with Crippen LogP contribution in [0.5, 0.6) is 11.6 Å². The van der Waals surface area contributed by atoms with Crippen LogP contribution in [0.15, 0.2) is 30.6 Å². The van der Waals surface area contributed by atoms with Gasteiger partial charge < -0.3 is 10.5 Å². The average Bonchev–Trinajstić information content (AvgIpc) is 2.77. The minimum atomic E-state index is -0.760. The van der Waals surface area contributed by atoms with E-state index in [2.05, 4.69) is 10.1 Å². The van der Waals surface area contributed by atoms with E-state index in [4.69, 9.17) is 10.5 Å². The molecule has 0 fully saturated rings. The molecular weight excluding hydrogens is 266 g/mol. The van der Waals surface area contributed by atoms with Crippen molar-refractivity contribution in [3.05, 3.63) is 47.9 Å². The fourth-order valence-electron chi connectivity index (χ4n) is 1.83. The largest absolute Gasteiger partial charge is 0.434 e. The monoisotopic (exact) mass is 276 g/mol. The summed E-state index contributed by atoms with van der Waals surface area (Å²) in [6.45, 7) is 1.81. The number of aryl methyl sites for hydroxylation is 1. The van der Waals surface area contributed by atoms with Crippen LogP contribution >= 0.6 is 0 Å². The number of fused-ring (bicyclic) bond motifs is 1. The molecule has 2 heterocycles. The standard InChI is InChI=1S/C13H10F2N4O/c1-7-4-11-13(17-2-3-19(11)18-7)20-12-6-8(14)10(16)5-9(12)15/h2-6H,16H2,1H3. The van der Waals surface area contributed by atoms with Gasteiger partial charge in [-0.2, -0.15) is 5.10 Å². The lowest BCUT2D eigenvalue weighted by Crippen LogP contribution is -1.98. The number of nitrogens with zero attached hydrogens (tertiary/aromatic N) is 3. The Morgan fingerprint density at radius 2 is 2.00 bits per heavy atom. The molecule has 0 radical (unpaired) electrons. The fourth-order valence-corrected chi connectivity index (χ4v) is 1.83. The van der Waals surface area contributed by atoms with E-state index in [1.54, 1.807) is 23.7 Å². The molecule has 0 amide bonds. The van der Waals surface area contributed by atoms with Gasteiger partial charge in [0.15, 0.2) is 11.6 Å². The van der Waals surface area contributed by atoms with Gasteiger partial charge in [0.25, 0.3) is 0 Å². The van der Waals surface area contributed by atoms with Crippen LogP contribution in [0.2, 0.25) is 0 Å². The molecule has 5 nitrogen and oxygen atoms in total. The zero-order valence-corrected chi connectivity index (χ0v) is 10.5. The van der Waals surface area contributed by atoms with E-state index < -0.39 is 11.6 Å². The number of anilines is 1. The number of aromatic nitrogens is 3. The third-order valence-corrected chi connectivity index (χ3v) is 2.73. The molecule has 2 N–H and O–H groups in total. The number of nitrogen functional groups attached to an aromatic ring is 1. The molecule has 0 saturated heterocycles. The van der Waals surface area contributed by atoms with Gasteiger partial charge in [0.1, 0.15) is 11.3 Å². The summed E-state index contributed by atoms with van der Waals surface area (Å²) in [5.74, 6) is -1.66. The molecule has 0 aliphatic heterocycles. The van der Waals surface area contributed by atoms with E-state index >= 15 is 0 Å². The highest BCUT2D eigenvalue weighted by Crippen LogP contribution is 2.29. The molecule has 0 atom stereocenters. The quantitative estimate of drug-likeness (QED) is 0.731. The van der Waals surface area contributed by atoms with Gasteiger partial charge >= 0.3 is 0 Å². The third kappa shape index (κ3) is 2.03. The van der Waals surface area contributed by atoms with E-state index in [1.165, 1.54) is 6.20 Å². The van der Waals surface area contributed by atoms with Crippen LogP contribution in [0.1, 0.15) is 5.69 Å². The Morgan fingerprint density at radius 1 is 1.20 bits per heavy atom. The summed E-state index contributed by atoms with van der Waals surface area (Å²) < 4.78 is 33.9. The van der Waals surface area contributed by atoms with Gasteiger partial charge in [-0.3, -0.25) is 0 Å². The molecule has 102 valence electrons. The SMILES string of the molecule is Cc1cc2c(Oc3cc(F)c(N)cc3F)nccn2n1. The number of halogens is 2. The van der Waals surface area contributed by atoms with Crippen LogP contribution in [-0.2, 0) is 0 Å². The van der Waals surface area contributed by atoms with Crippen LogP contribution in [0, 0.1) is 18.6 Å². The Balaban J connectivity index is 2.07. The van der Waals surface area contributed by atoms with Crippen molar-refractivity contribution in [3.63, 3.8) is 0 Å². The van der Waals surface area contributed by atoms with Crippen molar-refractivity contribution in [2.75, 3.05) is 5.73 Å². The number of rotatable bonds is 2. The van der Waals surface area contributed by atoms with Crippen molar-refractivity contribution >= 4 is 11.2 Å². The van der Waals surface area contributed by atoms with Crippen molar-refractivity contribution < 1.29 is 13.5 Å². The molecule has 3 aromatic rings. The zero-order chi connectivity index (χ0) is 14.3. The van der Waals surface area contributed by atoms with E-state index in [9.17, 15) is 8.78 Å². The van der Waals surface area contributed by atoms with Crippen LogP contribution in [0.25, 0.3) is 5.52 Å². The van der Waals surface area contributed by atoms with Gasteiger partial charge in [-0.15, -0.1) is 0 Å². The first-order chi connectivity index (χ1) is 9.54. The summed E-state index contributed by atoms with van der Waals surface area (Å²) in [6.07, 6.45) is 3.09. The second-order valence-corrected chi connectivity index (χ2v) is 4.25. The minimum absolute atomic E-state index is 0.135. The smallest absolute Gasteiger partial charge is 0.245 e. The molecule has 0 spiro atoms. The van der Waals surface area contributed by atoms with Gasteiger partial charge in [-0.05, 0) is 13.0 Å². The minimum Gasteiger partial charge on any atom is -0.434 e. The van der Waals surface area contributed by atoms with Gasteiger partial charge in [0.05, 0.1) is 11.4 Å². The second-order valence-electron chi connectivity index (χ2n) is 4.25. The lowest BCUT2D eigenvalue weighted by atomic mass is 10.3. The summed E-state index contributed by atoms with van der Waals surface area (Å²) in [6, 6.07) is 3.49. The Kier molecular flexibility index (Phi) is 2.74. The predicted octanol–water partition coefficient (Wildman–Crippen LogP) is 2.69. The second kappa shape index (κ2) is 4.44. The Labute approximate surface area is 112 Å². The Bertz CT molecular complexity index is 800. The van der Waals surface area contributed by atoms with Crippen molar-refractivity contribution in [2.45, 2.75) is 6.92 Å². The fraction of sp³-hybridized carbons (Fsp3) is 0.0769. The van der Waals surface area contributed by atoms with Crippen LogP contribution in [0.3, 0.4) is 0 Å². The maximum absolute atomic E-state index is 13.7. The van der Waals surface area contributed by atoms with Crippen LogP contribution in [-0.4, -0.2) is 14.6 Å². The summed E-state index contributed by atoms with van der Waals surface area (Å²) in [5, 5.41) is 4.18. The molecule has 0 aliphatic carbocycles. The molecule has 0 saturated carbocycles. The highest BCUT2D eigenvalue weighted by Gasteiger charge is 2.13. The third-order valence-electron chi connectivity index (χ3n) is 2.73. The zero-order valence-electron chi connectivity index (χ0n) is 10.5. The van der Waals surface area contributed by atoms with Gasteiger partial charge in [0, 0.05) is 24.5 Å².